The summed E-state index contributed by atoms with van der Waals surface area (Å²) in [4.78, 5) is 0. The Morgan fingerprint density at radius 2 is 2.12 bits per heavy atom. The van der Waals surface area contributed by atoms with E-state index < -0.39 is 7.37 Å². The van der Waals surface area contributed by atoms with E-state index in [-0.39, 0.29) is 5.66 Å². The Bertz CT molecular complexity index is 375. The van der Waals surface area contributed by atoms with Gasteiger partial charge in [-0.1, -0.05) is 30.3 Å². The van der Waals surface area contributed by atoms with Gasteiger partial charge in [0, 0.05) is 11.8 Å². The molecule has 0 aromatic heterocycles. The van der Waals surface area contributed by atoms with Crippen molar-refractivity contribution >= 4 is 7.37 Å². The fourth-order valence-electron chi connectivity index (χ4n) is 2.44. The number of rotatable bonds is 4. The molecule has 2 nitrogen and oxygen atoms in total. The Balaban J connectivity index is 2.07. The Morgan fingerprint density at radius 3 is 2.81 bits per heavy atom. The van der Waals surface area contributed by atoms with Crippen molar-refractivity contribution in [2.24, 2.45) is 0 Å². The molecular weight excluding hydrogens is 219 g/mol. The molecule has 16 heavy (non-hydrogen) atoms. The highest BCUT2D eigenvalue weighted by Gasteiger charge is 2.38. The smallest absolute Gasteiger partial charge is 0.206 e. The molecule has 0 bridgehead atoms. The molecule has 0 saturated carbocycles. The maximum Gasteiger partial charge on any atom is 0.206 e. The van der Waals surface area contributed by atoms with Gasteiger partial charge in [0.15, 0.2) is 0 Å². The van der Waals surface area contributed by atoms with Crippen molar-refractivity contribution in [3.63, 3.8) is 0 Å². The second-order valence-electron chi connectivity index (χ2n) is 4.35. The van der Waals surface area contributed by atoms with E-state index in [4.69, 9.17) is 4.52 Å². The molecule has 1 heterocycles. The zero-order chi connectivity index (χ0) is 11.4. The highest BCUT2D eigenvalue weighted by Crippen LogP contribution is 2.59. The third kappa shape index (κ3) is 2.56. The quantitative estimate of drug-likeness (QED) is 0.747. The number of benzene rings is 1. The summed E-state index contributed by atoms with van der Waals surface area (Å²) in [6.07, 6.45) is 3.78. The summed E-state index contributed by atoms with van der Waals surface area (Å²) >= 11 is 0. The zero-order valence-electron chi connectivity index (χ0n) is 9.76. The molecule has 0 aliphatic carbocycles. The predicted molar refractivity (Wildman–Crippen MR) is 67.3 cm³/mol. The maximum atomic E-state index is 12.5. The topological polar surface area (TPSA) is 26.3 Å². The van der Waals surface area contributed by atoms with E-state index in [0.29, 0.717) is 6.61 Å². The Hall–Kier alpha value is -0.590. The number of hydrogen-bond donors (Lipinski definition) is 0. The first-order valence-corrected chi connectivity index (χ1v) is 7.90. The summed E-state index contributed by atoms with van der Waals surface area (Å²) < 4.78 is 18.1. The van der Waals surface area contributed by atoms with Crippen LogP contribution in [0.5, 0.6) is 0 Å². The van der Waals surface area contributed by atoms with E-state index in [0.717, 1.165) is 25.4 Å². The molecule has 3 heteroatoms. The van der Waals surface area contributed by atoms with Crippen LogP contribution in [0, 0.1) is 0 Å². The van der Waals surface area contributed by atoms with Gasteiger partial charge in [0.05, 0.1) is 6.61 Å². The molecule has 2 rings (SSSR count). The van der Waals surface area contributed by atoms with E-state index >= 15 is 0 Å². The fraction of sp³-hybridized carbons (Fsp3) is 0.538. The van der Waals surface area contributed by atoms with Crippen LogP contribution in [0.25, 0.3) is 0 Å². The van der Waals surface area contributed by atoms with Gasteiger partial charge in [-0.2, -0.15) is 0 Å². The third-order valence-electron chi connectivity index (χ3n) is 3.23. The van der Waals surface area contributed by atoms with Gasteiger partial charge in [-0.05, 0) is 31.7 Å². The van der Waals surface area contributed by atoms with Crippen LogP contribution in [0.1, 0.15) is 25.3 Å². The van der Waals surface area contributed by atoms with E-state index in [1.165, 1.54) is 5.56 Å². The molecule has 0 N–H and O–H groups in total. The zero-order valence-corrected chi connectivity index (χ0v) is 10.7. The van der Waals surface area contributed by atoms with Crippen LogP contribution < -0.4 is 0 Å². The van der Waals surface area contributed by atoms with E-state index in [1.54, 1.807) is 0 Å². The summed E-state index contributed by atoms with van der Waals surface area (Å²) in [5.41, 5.74) is 1.52. The number of hydrogen-bond acceptors (Lipinski definition) is 2. The molecule has 1 aromatic carbocycles. The first-order chi connectivity index (χ1) is 7.74. The lowest BCUT2D eigenvalue weighted by Crippen LogP contribution is -2.09. The first-order valence-electron chi connectivity index (χ1n) is 6.02. The third-order valence-corrected chi connectivity index (χ3v) is 6.41. The molecule has 0 amide bonds. The second kappa shape index (κ2) is 5.16. The molecule has 2 unspecified atom stereocenters. The molecule has 1 saturated heterocycles. The molecule has 1 fully saturated rings. The van der Waals surface area contributed by atoms with E-state index in [2.05, 4.69) is 12.1 Å². The molecule has 1 aliphatic rings. The van der Waals surface area contributed by atoms with Gasteiger partial charge in [0.1, 0.15) is 0 Å². The highest BCUT2D eigenvalue weighted by atomic mass is 31.2. The van der Waals surface area contributed by atoms with Crippen LogP contribution in [0.3, 0.4) is 0 Å². The van der Waals surface area contributed by atoms with E-state index in [1.807, 2.05) is 25.1 Å². The molecule has 0 radical (unpaired) electrons. The lowest BCUT2D eigenvalue weighted by atomic mass is 10.1. The molecule has 1 aliphatic heterocycles. The monoisotopic (exact) mass is 238 g/mol. The summed E-state index contributed by atoms with van der Waals surface area (Å²) in [7, 11) is -2.35. The summed E-state index contributed by atoms with van der Waals surface area (Å²) in [6, 6.07) is 10.3. The molecular formula is C13H19O2P. The van der Waals surface area contributed by atoms with Gasteiger partial charge >= 0.3 is 0 Å². The van der Waals surface area contributed by atoms with Crippen molar-refractivity contribution < 1.29 is 9.09 Å². The minimum absolute atomic E-state index is 0.245. The van der Waals surface area contributed by atoms with Crippen LogP contribution in [0.2, 0.25) is 0 Å². The van der Waals surface area contributed by atoms with Crippen molar-refractivity contribution in [3.8, 4) is 0 Å². The highest BCUT2D eigenvalue weighted by molar-refractivity contribution is 7.60. The minimum atomic E-state index is -2.35. The second-order valence-corrected chi connectivity index (χ2v) is 7.24. The fourth-order valence-corrected chi connectivity index (χ4v) is 5.27. The van der Waals surface area contributed by atoms with Crippen molar-refractivity contribution in [3.05, 3.63) is 35.9 Å². The Labute approximate surface area is 97.5 Å². The minimum Gasteiger partial charge on any atom is -0.329 e. The van der Waals surface area contributed by atoms with Crippen LogP contribution in [0.4, 0.5) is 0 Å². The molecule has 1 aromatic rings. The normalized spacial score (nSPS) is 29.4. The van der Waals surface area contributed by atoms with Gasteiger partial charge in [0.2, 0.25) is 7.37 Å². The van der Waals surface area contributed by atoms with Crippen molar-refractivity contribution in [1.82, 2.24) is 0 Å². The van der Waals surface area contributed by atoms with Crippen LogP contribution in [-0.4, -0.2) is 18.4 Å². The first kappa shape index (κ1) is 11.9. The van der Waals surface area contributed by atoms with E-state index in [9.17, 15) is 4.57 Å². The summed E-state index contributed by atoms with van der Waals surface area (Å²) in [5.74, 6) is 0. The lowest BCUT2D eigenvalue weighted by molar-refractivity contribution is 0.330. The van der Waals surface area contributed by atoms with Gasteiger partial charge < -0.3 is 4.52 Å². The predicted octanol–water partition coefficient (Wildman–Crippen LogP) is 3.71. The van der Waals surface area contributed by atoms with Gasteiger partial charge in [-0.3, -0.25) is 4.57 Å². The summed E-state index contributed by atoms with van der Waals surface area (Å²) in [6.45, 7) is 2.50. The Kier molecular flexibility index (Phi) is 3.83. The maximum absolute atomic E-state index is 12.5. The molecule has 0 spiro atoms. The van der Waals surface area contributed by atoms with Crippen LogP contribution in [0.15, 0.2) is 30.3 Å². The Morgan fingerprint density at radius 1 is 1.38 bits per heavy atom. The van der Waals surface area contributed by atoms with Crippen molar-refractivity contribution in [1.29, 1.82) is 0 Å². The average Bonchev–Trinajstić information content (AvgIpc) is 2.62. The van der Waals surface area contributed by atoms with Crippen molar-refractivity contribution in [2.45, 2.75) is 31.8 Å². The van der Waals surface area contributed by atoms with Crippen LogP contribution >= 0.6 is 7.37 Å². The van der Waals surface area contributed by atoms with Crippen molar-refractivity contribution in [2.75, 3.05) is 12.8 Å². The molecule has 2 atom stereocenters. The van der Waals surface area contributed by atoms with Gasteiger partial charge in [-0.15, -0.1) is 0 Å². The largest absolute Gasteiger partial charge is 0.329 e. The molecule has 88 valence electrons. The van der Waals surface area contributed by atoms with Crippen LogP contribution in [-0.2, 0) is 15.5 Å². The average molecular weight is 238 g/mol. The van der Waals surface area contributed by atoms with Gasteiger partial charge in [-0.25, -0.2) is 0 Å². The SMILES string of the molecule is CCOP1(=O)CCCC1Cc1ccccc1. The standard InChI is InChI=1S/C13H19O2P/c1-2-15-16(14)10-6-9-13(16)11-12-7-4-3-5-8-12/h3-5,7-8,13H,2,6,9-11H2,1H3. The lowest BCUT2D eigenvalue weighted by Gasteiger charge is -2.20. The summed E-state index contributed by atoms with van der Waals surface area (Å²) in [5, 5.41) is 0. The van der Waals surface area contributed by atoms with Gasteiger partial charge in [0.25, 0.3) is 0 Å².